The first-order valence-electron chi connectivity index (χ1n) is 6.48. The molecule has 0 spiro atoms. The molecular formula is C16H16FNO2S. The van der Waals surface area contributed by atoms with Gasteiger partial charge in [-0.2, -0.15) is 0 Å². The molecule has 0 aliphatic carbocycles. The first-order valence-corrected chi connectivity index (χ1v) is 7.47. The summed E-state index contributed by atoms with van der Waals surface area (Å²) in [6.07, 6.45) is 0. The highest BCUT2D eigenvalue weighted by Gasteiger charge is 2.04. The third-order valence-corrected chi connectivity index (χ3v) is 3.94. The van der Waals surface area contributed by atoms with Crippen LogP contribution >= 0.6 is 11.8 Å². The van der Waals surface area contributed by atoms with E-state index in [1.54, 1.807) is 43.3 Å². The van der Waals surface area contributed by atoms with Gasteiger partial charge in [0.25, 0.3) is 0 Å². The Morgan fingerprint density at radius 2 is 1.95 bits per heavy atom. The fourth-order valence-corrected chi connectivity index (χ4v) is 2.42. The molecule has 0 bridgehead atoms. The Morgan fingerprint density at radius 1 is 1.24 bits per heavy atom. The van der Waals surface area contributed by atoms with Crippen LogP contribution in [0.1, 0.15) is 11.1 Å². The van der Waals surface area contributed by atoms with E-state index in [1.165, 1.54) is 17.8 Å². The van der Waals surface area contributed by atoms with Crippen molar-refractivity contribution in [1.29, 1.82) is 0 Å². The maximum atomic E-state index is 13.4. The van der Waals surface area contributed by atoms with Gasteiger partial charge in [-0.25, -0.2) is 4.39 Å². The zero-order valence-electron chi connectivity index (χ0n) is 11.6. The van der Waals surface area contributed by atoms with E-state index in [0.29, 0.717) is 12.1 Å². The van der Waals surface area contributed by atoms with Gasteiger partial charge >= 0.3 is 0 Å². The summed E-state index contributed by atoms with van der Waals surface area (Å²) < 4.78 is 13.4. The SMILES string of the molecule is Cc1ccc(CNC(=O)CSc2ccc(O)cc2)cc1F. The van der Waals surface area contributed by atoms with E-state index in [0.717, 1.165) is 10.5 Å². The van der Waals surface area contributed by atoms with E-state index < -0.39 is 0 Å². The molecule has 2 N–H and O–H groups in total. The first kappa shape index (κ1) is 15.4. The Labute approximate surface area is 127 Å². The van der Waals surface area contributed by atoms with E-state index in [-0.39, 0.29) is 23.2 Å². The van der Waals surface area contributed by atoms with Gasteiger partial charge in [-0.15, -0.1) is 11.8 Å². The van der Waals surface area contributed by atoms with Crippen LogP contribution < -0.4 is 5.32 Å². The molecule has 5 heteroatoms. The lowest BCUT2D eigenvalue weighted by Crippen LogP contribution is -2.24. The number of carbonyl (C=O) groups excluding carboxylic acids is 1. The number of hydrogen-bond acceptors (Lipinski definition) is 3. The van der Waals surface area contributed by atoms with E-state index in [2.05, 4.69) is 5.32 Å². The summed E-state index contributed by atoms with van der Waals surface area (Å²) in [4.78, 5) is 12.6. The van der Waals surface area contributed by atoms with E-state index in [9.17, 15) is 9.18 Å². The smallest absolute Gasteiger partial charge is 0.230 e. The van der Waals surface area contributed by atoms with Gasteiger partial charge < -0.3 is 10.4 Å². The minimum absolute atomic E-state index is 0.117. The molecule has 2 rings (SSSR count). The lowest BCUT2D eigenvalue weighted by atomic mass is 10.1. The standard InChI is InChI=1S/C16H16FNO2S/c1-11-2-3-12(8-15(11)17)9-18-16(20)10-21-14-6-4-13(19)5-7-14/h2-8,19H,9-10H2,1H3,(H,18,20). The second-order valence-corrected chi connectivity index (χ2v) is 5.69. The number of carbonyl (C=O) groups is 1. The zero-order chi connectivity index (χ0) is 15.2. The highest BCUT2D eigenvalue weighted by atomic mass is 32.2. The molecule has 1 amide bonds. The minimum atomic E-state index is -0.264. The van der Waals surface area contributed by atoms with Gasteiger partial charge in [-0.3, -0.25) is 4.79 Å². The lowest BCUT2D eigenvalue weighted by Gasteiger charge is -2.06. The highest BCUT2D eigenvalue weighted by molar-refractivity contribution is 8.00. The van der Waals surface area contributed by atoms with Crippen LogP contribution in [0.4, 0.5) is 4.39 Å². The summed E-state index contributed by atoms with van der Waals surface area (Å²) in [5, 5.41) is 11.9. The molecule has 0 aliphatic rings. The van der Waals surface area contributed by atoms with Gasteiger partial charge in [0, 0.05) is 11.4 Å². The average Bonchev–Trinajstić information content (AvgIpc) is 2.48. The second kappa shape index (κ2) is 7.13. The molecule has 21 heavy (non-hydrogen) atoms. The number of phenolic OH excluding ortho intramolecular Hbond substituents is 1. The Kier molecular flexibility index (Phi) is 5.22. The summed E-state index contributed by atoms with van der Waals surface area (Å²) in [5.74, 6) is 0.0959. The quantitative estimate of drug-likeness (QED) is 0.834. The molecule has 2 aromatic rings. The first-order chi connectivity index (χ1) is 10.0. The molecule has 3 nitrogen and oxygen atoms in total. The fraction of sp³-hybridized carbons (Fsp3) is 0.188. The van der Waals surface area contributed by atoms with Crippen molar-refractivity contribution in [2.45, 2.75) is 18.4 Å². The summed E-state index contributed by atoms with van der Waals surface area (Å²) in [7, 11) is 0. The number of amides is 1. The number of hydrogen-bond donors (Lipinski definition) is 2. The van der Waals surface area contributed by atoms with Crippen LogP contribution in [0.15, 0.2) is 47.4 Å². The van der Waals surface area contributed by atoms with Crippen molar-refractivity contribution in [3.8, 4) is 5.75 Å². The molecule has 0 unspecified atom stereocenters. The summed E-state index contributed by atoms with van der Waals surface area (Å²) in [5.41, 5.74) is 1.33. The second-order valence-electron chi connectivity index (χ2n) is 4.64. The molecule has 0 aromatic heterocycles. The molecule has 0 radical (unpaired) electrons. The summed E-state index contributed by atoms with van der Waals surface area (Å²) >= 11 is 1.38. The Morgan fingerprint density at radius 3 is 2.62 bits per heavy atom. The lowest BCUT2D eigenvalue weighted by molar-refractivity contribution is -0.118. The fourth-order valence-electron chi connectivity index (χ4n) is 1.69. The van der Waals surface area contributed by atoms with Gasteiger partial charge in [-0.1, -0.05) is 12.1 Å². The summed E-state index contributed by atoms with van der Waals surface area (Å²) in [6, 6.07) is 11.6. The number of aryl methyl sites for hydroxylation is 1. The number of benzene rings is 2. The number of nitrogens with one attached hydrogen (secondary N) is 1. The van der Waals surface area contributed by atoms with Gasteiger partial charge in [0.2, 0.25) is 5.91 Å². The molecule has 110 valence electrons. The molecule has 0 aliphatic heterocycles. The maximum absolute atomic E-state index is 13.4. The predicted octanol–water partition coefficient (Wildman–Crippen LogP) is 3.25. The largest absolute Gasteiger partial charge is 0.508 e. The van der Waals surface area contributed by atoms with E-state index in [4.69, 9.17) is 5.11 Å². The number of rotatable bonds is 5. The molecule has 0 fully saturated rings. The van der Waals surface area contributed by atoms with Crippen molar-refractivity contribution in [2.75, 3.05) is 5.75 Å². The van der Waals surface area contributed by atoms with Gasteiger partial charge in [0.15, 0.2) is 0 Å². The van der Waals surface area contributed by atoms with E-state index >= 15 is 0 Å². The average molecular weight is 305 g/mol. The van der Waals surface area contributed by atoms with Crippen molar-refractivity contribution >= 4 is 17.7 Å². The van der Waals surface area contributed by atoms with Crippen LogP contribution in [0.25, 0.3) is 0 Å². The third-order valence-electron chi connectivity index (χ3n) is 2.93. The van der Waals surface area contributed by atoms with Gasteiger partial charge in [0.1, 0.15) is 11.6 Å². The van der Waals surface area contributed by atoms with Gasteiger partial charge in [-0.05, 0) is 48.4 Å². The molecule has 0 atom stereocenters. The molecular weight excluding hydrogens is 289 g/mol. The van der Waals surface area contributed by atoms with Crippen molar-refractivity contribution in [3.05, 3.63) is 59.4 Å². The van der Waals surface area contributed by atoms with Crippen molar-refractivity contribution < 1.29 is 14.3 Å². The summed E-state index contributed by atoms with van der Waals surface area (Å²) in [6.45, 7) is 2.01. The van der Waals surface area contributed by atoms with Crippen LogP contribution in [-0.4, -0.2) is 16.8 Å². The maximum Gasteiger partial charge on any atom is 0.230 e. The Hall–Kier alpha value is -2.01. The number of phenols is 1. The number of halogens is 1. The van der Waals surface area contributed by atoms with Crippen molar-refractivity contribution in [3.63, 3.8) is 0 Å². The van der Waals surface area contributed by atoms with Crippen LogP contribution in [0, 0.1) is 12.7 Å². The molecule has 0 saturated carbocycles. The number of thioether (sulfide) groups is 1. The normalized spacial score (nSPS) is 10.4. The van der Waals surface area contributed by atoms with Crippen LogP contribution in [0.2, 0.25) is 0 Å². The zero-order valence-corrected chi connectivity index (χ0v) is 12.4. The minimum Gasteiger partial charge on any atom is -0.508 e. The van der Waals surface area contributed by atoms with Crippen LogP contribution in [0.5, 0.6) is 5.75 Å². The molecule has 0 heterocycles. The molecule has 0 saturated heterocycles. The monoisotopic (exact) mass is 305 g/mol. The Balaban J connectivity index is 1.79. The predicted molar refractivity (Wildman–Crippen MR) is 81.8 cm³/mol. The third kappa shape index (κ3) is 4.79. The van der Waals surface area contributed by atoms with Crippen LogP contribution in [-0.2, 0) is 11.3 Å². The highest BCUT2D eigenvalue weighted by Crippen LogP contribution is 2.20. The van der Waals surface area contributed by atoms with Gasteiger partial charge in [0.05, 0.1) is 5.75 Å². The Bertz CT molecular complexity index is 629. The van der Waals surface area contributed by atoms with Crippen LogP contribution in [0.3, 0.4) is 0 Å². The topological polar surface area (TPSA) is 49.3 Å². The van der Waals surface area contributed by atoms with Crippen molar-refractivity contribution in [2.24, 2.45) is 0 Å². The number of aromatic hydroxyl groups is 1. The van der Waals surface area contributed by atoms with Crippen molar-refractivity contribution in [1.82, 2.24) is 5.32 Å². The molecule has 2 aromatic carbocycles. The van der Waals surface area contributed by atoms with E-state index in [1.807, 2.05) is 0 Å².